The minimum atomic E-state index is -0.317. The smallest absolute Gasteiger partial charge is 0.120 e. The van der Waals surface area contributed by atoms with Crippen LogP contribution in [0.15, 0.2) is 48.5 Å². The van der Waals surface area contributed by atoms with Crippen molar-refractivity contribution in [2.45, 2.75) is 51.7 Å². The van der Waals surface area contributed by atoms with E-state index >= 15 is 0 Å². The predicted molar refractivity (Wildman–Crippen MR) is 108 cm³/mol. The Bertz CT molecular complexity index is 690. The molecule has 1 aliphatic carbocycles. The van der Waals surface area contributed by atoms with E-state index in [9.17, 15) is 5.26 Å². The maximum absolute atomic E-state index is 9.50. The molecule has 1 fully saturated rings. The molecule has 2 aromatic carbocycles. The number of hydrogen-bond acceptors (Lipinski definition) is 5. The highest BCUT2D eigenvalue weighted by Crippen LogP contribution is 2.38. The molecule has 0 heterocycles. The SMILES string of the molecule is CCOc1ccc(OC2CCC(C(OO)c3ccc(OCC)cc3)CC2)cc1. The second-order valence-electron chi connectivity index (χ2n) is 7.09. The molecule has 3 rings (SSSR count). The van der Waals surface area contributed by atoms with Gasteiger partial charge in [0.15, 0.2) is 0 Å². The standard InChI is InChI=1S/C23H30O5/c1-3-25-19-9-5-17(6-10-19)23(28-24)18-7-11-21(12-8-18)27-22-15-13-20(14-16-22)26-4-2/h5-6,9-10,13-16,18,21,23-24H,3-4,7-8,11-12H2,1-2H3. The largest absolute Gasteiger partial charge is 0.494 e. The first-order valence-electron chi connectivity index (χ1n) is 10.2. The van der Waals surface area contributed by atoms with E-state index in [2.05, 4.69) is 0 Å². The molecule has 1 atom stereocenters. The summed E-state index contributed by atoms with van der Waals surface area (Å²) < 4.78 is 17.1. The van der Waals surface area contributed by atoms with Crippen LogP contribution < -0.4 is 14.2 Å². The summed E-state index contributed by atoms with van der Waals surface area (Å²) in [6.45, 7) is 5.23. The van der Waals surface area contributed by atoms with Crippen molar-refractivity contribution in [3.05, 3.63) is 54.1 Å². The normalized spacial score (nSPS) is 20.4. The molecule has 0 saturated heterocycles. The van der Waals surface area contributed by atoms with Crippen molar-refractivity contribution >= 4 is 0 Å². The van der Waals surface area contributed by atoms with E-state index in [4.69, 9.17) is 19.1 Å². The van der Waals surface area contributed by atoms with Crippen LogP contribution in [-0.2, 0) is 4.89 Å². The molecular weight excluding hydrogens is 356 g/mol. The second kappa shape index (κ2) is 10.3. The quantitative estimate of drug-likeness (QED) is 0.446. The molecule has 28 heavy (non-hydrogen) atoms. The van der Waals surface area contributed by atoms with Crippen LogP contribution in [0.2, 0.25) is 0 Å². The van der Waals surface area contributed by atoms with Gasteiger partial charge in [0.1, 0.15) is 23.4 Å². The fourth-order valence-electron chi connectivity index (χ4n) is 3.82. The fourth-order valence-corrected chi connectivity index (χ4v) is 3.82. The van der Waals surface area contributed by atoms with E-state index in [1.54, 1.807) is 0 Å². The van der Waals surface area contributed by atoms with Crippen molar-refractivity contribution in [1.29, 1.82) is 0 Å². The number of rotatable bonds is 9. The lowest BCUT2D eigenvalue weighted by atomic mass is 9.81. The van der Waals surface area contributed by atoms with Gasteiger partial charge in [-0.05, 0) is 87.4 Å². The van der Waals surface area contributed by atoms with Crippen LogP contribution >= 0.6 is 0 Å². The van der Waals surface area contributed by atoms with Crippen LogP contribution in [0.25, 0.3) is 0 Å². The monoisotopic (exact) mass is 386 g/mol. The second-order valence-corrected chi connectivity index (χ2v) is 7.09. The Morgan fingerprint density at radius 3 is 1.79 bits per heavy atom. The van der Waals surface area contributed by atoms with Crippen LogP contribution in [0, 0.1) is 5.92 Å². The Morgan fingerprint density at radius 2 is 1.29 bits per heavy atom. The third-order valence-corrected chi connectivity index (χ3v) is 5.22. The van der Waals surface area contributed by atoms with Crippen LogP contribution in [0.3, 0.4) is 0 Å². The molecule has 5 heteroatoms. The summed E-state index contributed by atoms with van der Waals surface area (Å²) in [5.74, 6) is 2.82. The maximum atomic E-state index is 9.50. The van der Waals surface area contributed by atoms with E-state index in [0.29, 0.717) is 13.2 Å². The zero-order valence-electron chi connectivity index (χ0n) is 16.7. The zero-order chi connectivity index (χ0) is 19.8. The van der Waals surface area contributed by atoms with Gasteiger partial charge in [-0.15, -0.1) is 0 Å². The summed E-state index contributed by atoms with van der Waals surface area (Å²) in [6.07, 6.45) is 3.64. The van der Waals surface area contributed by atoms with E-state index in [1.165, 1.54) is 0 Å². The molecular formula is C23H30O5. The minimum Gasteiger partial charge on any atom is -0.494 e. The minimum absolute atomic E-state index is 0.189. The lowest BCUT2D eigenvalue weighted by Gasteiger charge is -2.32. The maximum Gasteiger partial charge on any atom is 0.120 e. The molecule has 0 radical (unpaired) electrons. The van der Waals surface area contributed by atoms with Gasteiger partial charge in [-0.3, -0.25) is 5.26 Å². The Hall–Kier alpha value is -2.24. The van der Waals surface area contributed by atoms with Gasteiger partial charge in [-0.2, -0.15) is 0 Å². The van der Waals surface area contributed by atoms with Gasteiger partial charge in [-0.1, -0.05) is 12.1 Å². The van der Waals surface area contributed by atoms with Crippen LogP contribution in [-0.4, -0.2) is 24.6 Å². The third kappa shape index (κ3) is 5.40. The molecule has 152 valence electrons. The van der Waals surface area contributed by atoms with E-state index in [1.807, 2.05) is 62.4 Å². The molecule has 5 nitrogen and oxygen atoms in total. The van der Waals surface area contributed by atoms with Crippen molar-refractivity contribution in [3.63, 3.8) is 0 Å². The summed E-state index contributed by atoms with van der Waals surface area (Å²) in [5.41, 5.74) is 0.974. The van der Waals surface area contributed by atoms with Gasteiger partial charge in [0.05, 0.1) is 19.3 Å². The highest BCUT2D eigenvalue weighted by molar-refractivity contribution is 5.31. The molecule has 0 aromatic heterocycles. The summed E-state index contributed by atoms with van der Waals surface area (Å²) in [5, 5.41) is 9.50. The molecule has 0 amide bonds. The lowest BCUT2D eigenvalue weighted by molar-refractivity contribution is -0.296. The van der Waals surface area contributed by atoms with Gasteiger partial charge in [-0.25, -0.2) is 4.89 Å². The first-order chi connectivity index (χ1) is 13.7. The number of ether oxygens (including phenoxy) is 3. The first-order valence-corrected chi connectivity index (χ1v) is 10.2. The summed E-state index contributed by atoms with van der Waals surface area (Å²) in [7, 11) is 0. The topological polar surface area (TPSA) is 57.2 Å². The lowest BCUT2D eigenvalue weighted by Crippen LogP contribution is -2.27. The molecule has 1 aliphatic rings. The Labute approximate surface area is 167 Å². The van der Waals surface area contributed by atoms with Crippen molar-refractivity contribution in [2.24, 2.45) is 5.92 Å². The van der Waals surface area contributed by atoms with Crippen molar-refractivity contribution in [1.82, 2.24) is 0 Å². The van der Waals surface area contributed by atoms with Gasteiger partial charge in [0, 0.05) is 0 Å². The van der Waals surface area contributed by atoms with Gasteiger partial charge in [0.25, 0.3) is 0 Å². The van der Waals surface area contributed by atoms with Crippen molar-refractivity contribution in [2.75, 3.05) is 13.2 Å². The van der Waals surface area contributed by atoms with Gasteiger partial charge < -0.3 is 14.2 Å². The average Bonchev–Trinajstić information content (AvgIpc) is 2.73. The summed E-state index contributed by atoms with van der Waals surface area (Å²) in [6, 6.07) is 15.6. The molecule has 0 bridgehead atoms. The third-order valence-electron chi connectivity index (χ3n) is 5.22. The summed E-state index contributed by atoms with van der Waals surface area (Å²) >= 11 is 0. The van der Waals surface area contributed by atoms with E-state index < -0.39 is 0 Å². The van der Waals surface area contributed by atoms with Crippen molar-refractivity contribution < 1.29 is 24.4 Å². The highest BCUT2D eigenvalue weighted by Gasteiger charge is 2.30. The molecule has 0 aliphatic heterocycles. The first kappa shape index (κ1) is 20.5. The average molecular weight is 386 g/mol. The summed E-state index contributed by atoms with van der Waals surface area (Å²) in [4.78, 5) is 4.87. The predicted octanol–water partition coefficient (Wildman–Crippen LogP) is 5.65. The van der Waals surface area contributed by atoms with Crippen LogP contribution in [0.1, 0.15) is 51.2 Å². The van der Waals surface area contributed by atoms with Gasteiger partial charge in [0.2, 0.25) is 0 Å². The van der Waals surface area contributed by atoms with Crippen LogP contribution in [0.5, 0.6) is 17.2 Å². The molecule has 0 spiro atoms. The highest BCUT2D eigenvalue weighted by atomic mass is 17.1. The van der Waals surface area contributed by atoms with Crippen molar-refractivity contribution in [3.8, 4) is 17.2 Å². The number of hydrogen-bond donors (Lipinski definition) is 1. The number of benzene rings is 2. The van der Waals surface area contributed by atoms with Gasteiger partial charge >= 0.3 is 0 Å². The molecule has 2 aromatic rings. The van der Waals surface area contributed by atoms with E-state index in [0.717, 1.165) is 48.5 Å². The Morgan fingerprint density at radius 1 is 0.786 bits per heavy atom. The van der Waals surface area contributed by atoms with Crippen LogP contribution in [0.4, 0.5) is 0 Å². The fraction of sp³-hybridized carbons (Fsp3) is 0.478. The Balaban J connectivity index is 1.53. The van der Waals surface area contributed by atoms with E-state index in [-0.39, 0.29) is 18.1 Å². The Kier molecular flexibility index (Phi) is 7.57. The molecule has 1 N–H and O–H groups in total. The zero-order valence-corrected chi connectivity index (χ0v) is 16.7. The molecule has 1 unspecified atom stereocenters. The molecule has 1 saturated carbocycles.